The first-order valence-electron chi connectivity index (χ1n) is 8.60. The molecular formula is C18H17Cl2N5O3S2. The summed E-state index contributed by atoms with van der Waals surface area (Å²) < 4.78 is 33.8. The highest BCUT2D eigenvalue weighted by Crippen LogP contribution is 2.32. The van der Waals surface area contributed by atoms with Crippen LogP contribution in [0.2, 0.25) is 10.0 Å². The fourth-order valence-corrected chi connectivity index (χ4v) is 4.63. The lowest BCUT2D eigenvalue weighted by Gasteiger charge is -2.13. The van der Waals surface area contributed by atoms with E-state index in [4.69, 9.17) is 33.7 Å². The second kappa shape index (κ2) is 10.3. The van der Waals surface area contributed by atoms with Gasteiger partial charge in [-0.1, -0.05) is 35.3 Å². The Balaban J connectivity index is 1.91. The Hall–Kier alpha value is -2.11. The van der Waals surface area contributed by atoms with Crippen molar-refractivity contribution in [2.45, 2.75) is 16.5 Å². The summed E-state index contributed by atoms with van der Waals surface area (Å²) >= 11 is 13.4. The molecule has 30 heavy (non-hydrogen) atoms. The molecule has 3 rings (SSSR count). The van der Waals surface area contributed by atoms with E-state index < -0.39 is 10.0 Å². The summed E-state index contributed by atoms with van der Waals surface area (Å²) in [4.78, 5) is 12.5. The normalized spacial score (nSPS) is 11.3. The third-order valence-corrected chi connectivity index (χ3v) is 6.85. The SMILES string of the molecule is NCCSc1cnc(NS(=O)(=O)c2cccc(Cl)c2Cl)c(OCc2ccccn2)n1. The van der Waals surface area contributed by atoms with E-state index in [0.717, 1.165) is 0 Å². The summed E-state index contributed by atoms with van der Waals surface area (Å²) in [6.45, 7) is 0.533. The van der Waals surface area contributed by atoms with Gasteiger partial charge in [0.1, 0.15) is 16.5 Å². The number of hydrogen-bond donors (Lipinski definition) is 2. The third-order valence-electron chi connectivity index (χ3n) is 3.61. The molecule has 0 atom stereocenters. The van der Waals surface area contributed by atoms with Crippen molar-refractivity contribution in [1.82, 2.24) is 15.0 Å². The van der Waals surface area contributed by atoms with Crippen molar-refractivity contribution in [2.24, 2.45) is 5.73 Å². The zero-order valence-corrected chi connectivity index (χ0v) is 18.6. The van der Waals surface area contributed by atoms with Gasteiger partial charge in [0.2, 0.25) is 5.82 Å². The van der Waals surface area contributed by atoms with Crippen LogP contribution in [0, 0.1) is 0 Å². The van der Waals surface area contributed by atoms with Crippen molar-refractivity contribution in [1.29, 1.82) is 0 Å². The second-order valence-electron chi connectivity index (χ2n) is 5.77. The predicted molar refractivity (Wildman–Crippen MR) is 118 cm³/mol. The molecule has 0 fully saturated rings. The fraction of sp³-hybridized carbons (Fsp3) is 0.167. The summed E-state index contributed by atoms with van der Waals surface area (Å²) in [7, 11) is -4.09. The number of sulfonamides is 1. The van der Waals surface area contributed by atoms with Gasteiger partial charge >= 0.3 is 0 Å². The van der Waals surface area contributed by atoms with E-state index in [1.54, 1.807) is 18.3 Å². The van der Waals surface area contributed by atoms with E-state index in [9.17, 15) is 8.42 Å². The third kappa shape index (κ3) is 5.73. The first-order chi connectivity index (χ1) is 14.4. The minimum Gasteiger partial charge on any atom is -0.468 e. The molecule has 0 spiro atoms. The van der Waals surface area contributed by atoms with E-state index in [0.29, 0.717) is 23.0 Å². The molecular weight excluding hydrogens is 469 g/mol. The number of pyridine rings is 1. The van der Waals surface area contributed by atoms with Gasteiger partial charge in [-0.15, -0.1) is 11.8 Å². The highest BCUT2D eigenvalue weighted by atomic mass is 35.5. The number of nitrogens with one attached hydrogen (secondary N) is 1. The molecule has 0 bridgehead atoms. The van der Waals surface area contributed by atoms with Crippen molar-refractivity contribution >= 4 is 50.8 Å². The van der Waals surface area contributed by atoms with E-state index >= 15 is 0 Å². The first kappa shape index (κ1) is 22.6. The average Bonchev–Trinajstić information content (AvgIpc) is 2.74. The standard InChI is InChI=1S/C18H17Cl2N5O3S2/c19-13-5-3-6-14(16(13)20)30(26,27)25-17-18(24-15(10-23-17)29-9-7-21)28-11-12-4-1-2-8-22-12/h1-6,8,10H,7,9,11,21H2,(H,23,25). The van der Waals surface area contributed by atoms with Crippen LogP contribution in [0.1, 0.15) is 5.69 Å². The highest BCUT2D eigenvalue weighted by Gasteiger charge is 2.23. The highest BCUT2D eigenvalue weighted by molar-refractivity contribution is 7.99. The van der Waals surface area contributed by atoms with E-state index in [-0.39, 0.29) is 33.2 Å². The van der Waals surface area contributed by atoms with Crippen molar-refractivity contribution in [2.75, 3.05) is 17.0 Å². The van der Waals surface area contributed by atoms with Gasteiger partial charge < -0.3 is 10.5 Å². The number of aromatic nitrogens is 3. The Morgan fingerprint density at radius 2 is 1.97 bits per heavy atom. The Kier molecular flexibility index (Phi) is 7.73. The van der Waals surface area contributed by atoms with Crippen molar-refractivity contribution in [3.8, 4) is 5.88 Å². The van der Waals surface area contributed by atoms with Crippen molar-refractivity contribution in [3.63, 3.8) is 0 Å². The lowest BCUT2D eigenvalue weighted by atomic mass is 10.4. The van der Waals surface area contributed by atoms with Gasteiger partial charge in [0.05, 0.1) is 21.9 Å². The number of nitrogens with two attached hydrogens (primary N) is 1. The van der Waals surface area contributed by atoms with Crippen molar-refractivity contribution < 1.29 is 13.2 Å². The van der Waals surface area contributed by atoms with E-state index in [1.807, 2.05) is 6.07 Å². The summed E-state index contributed by atoms with van der Waals surface area (Å²) in [5.41, 5.74) is 6.17. The quantitative estimate of drug-likeness (QED) is 0.440. The van der Waals surface area contributed by atoms with E-state index in [1.165, 1.54) is 36.2 Å². The molecule has 0 aliphatic carbocycles. The first-order valence-corrected chi connectivity index (χ1v) is 11.8. The lowest BCUT2D eigenvalue weighted by molar-refractivity contribution is 0.288. The topological polar surface area (TPSA) is 120 Å². The van der Waals surface area contributed by atoms with Crippen LogP contribution in [-0.2, 0) is 16.6 Å². The minimum absolute atomic E-state index is 0.00407. The maximum Gasteiger partial charge on any atom is 0.264 e. The molecule has 158 valence electrons. The van der Waals surface area contributed by atoms with Crippen LogP contribution in [0.25, 0.3) is 0 Å². The van der Waals surface area contributed by atoms with Crippen molar-refractivity contribution in [3.05, 3.63) is 64.5 Å². The number of anilines is 1. The molecule has 0 saturated carbocycles. The van der Waals surface area contributed by atoms with Crippen LogP contribution in [0.5, 0.6) is 5.88 Å². The van der Waals surface area contributed by atoms with Gasteiger partial charge in [0.25, 0.3) is 15.9 Å². The molecule has 12 heteroatoms. The van der Waals surface area contributed by atoms with Gasteiger partial charge in [0.15, 0.2) is 0 Å². The second-order valence-corrected chi connectivity index (χ2v) is 9.32. The molecule has 0 aliphatic rings. The molecule has 0 unspecified atom stereocenters. The number of benzene rings is 1. The number of halogens is 2. The van der Waals surface area contributed by atoms with Crippen LogP contribution in [-0.4, -0.2) is 35.7 Å². The molecule has 1 aromatic carbocycles. The summed E-state index contributed by atoms with van der Waals surface area (Å²) in [6, 6.07) is 9.68. The smallest absolute Gasteiger partial charge is 0.264 e. The maximum absolute atomic E-state index is 12.8. The summed E-state index contributed by atoms with van der Waals surface area (Å²) in [6.07, 6.45) is 3.06. The molecule has 8 nitrogen and oxygen atoms in total. The number of ether oxygens (including phenoxy) is 1. The zero-order chi connectivity index (χ0) is 21.6. The zero-order valence-electron chi connectivity index (χ0n) is 15.5. The molecule has 2 aromatic heterocycles. The average molecular weight is 486 g/mol. The molecule has 0 radical (unpaired) electrons. The maximum atomic E-state index is 12.8. The Morgan fingerprint density at radius 1 is 1.13 bits per heavy atom. The van der Waals surface area contributed by atoms with E-state index in [2.05, 4.69) is 19.7 Å². The Bertz CT molecular complexity index is 1120. The van der Waals surface area contributed by atoms with Gasteiger partial charge in [-0.25, -0.2) is 18.4 Å². The van der Waals surface area contributed by atoms with Crippen LogP contribution < -0.4 is 15.2 Å². The van der Waals surface area contributed by atoms with Crippen LogP contribution in [0.3, 0.4) is 0 Å². The number of hydrogen-bond acceptors (Lipinski definition) is 8. The largest absolute Gasteiger partial charge is 0.468 e. The van der Waals surface area contributed by atoms with Crippen LogP contribution in [0.4, 0.5) is 5.82 Å². The van der Waals surface area contributed by atoms with Crippen LogP contribution >= 0.6 is 35.0 Å². The van der Waals surface area contributed by atoms with Gasteiger partial charge in [0, 0.05) is 18.5 Å². The Morgan fingerprint density at radius 3 is 2.70 bits per heavy atom. The molecule has 0 saturated heterocycles. The van der Waals surface area contributed by atoms with Crippen LogP contribution in [0.15, 0.2) is 58.7 Å². The van der Waals surface area contributed by atoms with Gasteiger partial charge in [-0.3, -0.25) is 9.71 Å². The minimum atomic E-state index is -4.09. The molecule has 3 N–H and O–H groups in total. The number of thioether (sulfide) groups is 1. The summed E-state index contributed by atoms with van der Waals surface area (Å²) in [5.74, 6) is 0.542. The fourth-order valence-electron chi connectivity index (χ4n) is 2.26. The molecule has 2 heterocycles. The molecule has 0 aliphatic heterocycles. The molecule has 3 aromatic rings. The number of nitrogens with zero attached hydrogens (tertiary/aromatic N) is 3. The Labute approximate surface area is 188 Å². The monoisotopic (exact) mass is 485 g/mol. The lowest BCUT2D eigenvalue weighted by Crippen LogP contribution is -2.16. The number of rotatable bonds is 9. The predicted octanol–water partition coefficient (Wildman–Crippen LogP) is 3.61. The molecule has 0 amide bonds. The van der Waals surface area contributed by atoms with Gasteiger partial charge in [-0.2, -0.15) is 0 Å². The summed E-state index contributed by atoms with van der Waals surface area (Å²) in [5, 5.41) is 0.566. The van der Waals surface area contributed by atoms with Gasteiger partial charge in [-0.05, 0) is 24.3 Å².